The second kappa shape index (κ2) is 7.22. The Morgan fingerprint density at radius 1 is 1.32 bits per heavy atom. The van der Waals surface area contributed by atoms with Crippen molar-refractivity contribution >= 4 is 23.9 Å². The Labute approximate surface area is 147 Å². The zero-order valence-corrected chi connectivity index (χ0v) is 14.3. The van der Waals surface area contributed by atoms with E-state index in [9.17, 15) is 9.90 Å². The maximum absolute atomic E-state index is 11.9. The standard InChI is InChI=1S/C16H15N5O3S/c1-10-18-20-16(21(10)2)25-14-8-7-11(24-14)9-17-19-15(23)12-5-3-4-6-13(12)22/h3-9,22H,1-2H3,(H,19,23)/b17-9+. The van der Waals surface area contributed by atoms with Crippen molar-refractivity contribution in [3.05, 3.63) is 53.5 Å². The van der Waals surface area contributed by atoms with Gasteiger partial charge in [0.25, 0.3) is 5.91 Å². The van der Waals surface area contributed by atoms with E-state index in [1.54, 1.807) is 24.3 Å². The lowest BCUT2D eigenvalue weighted by atomic mass is 10.2. The lowest BCUT2D eigenvalue weighted by Crippen LogP contribution is -2.17. The second-order valence-electron chi connectivity index (χ2n) is 5.06. The van der Waals surface area contributed by atoms with E-state index in [4.69, 9.17) is 4.42 Å². The van der Waals surface area contributed by atoms with Crippen LogP contribution in [0.15, 0.2) is 56.2 Å². The topological polar surface area (TPSA) is 106 Å². The van der Waals surface area contributed by atoms with Crippen molar-refractivity contribution in [2.24, 2.45) is 12.1 Å². The van der Waals surface area contributed by atoms with Crippen LogP contribution in [0.2, 0.25) is 0 Å². The summed E-state index contributed by atoms with van der Waals surface area (Å²) in [6.07, 6.45) is 1.38. The van der Waals surface area contributed by atoms with Crippen LogP contribution in [0.4, 0.5) is 0 Å². The minimum atomic E-state index is -0.509. The van der Waals surface area contributed by atoms with E-state index in [1.807, 2.05) is 18.5 Å². The van der Waals surface area contributed by atoms with E-state index in [1.165, 1.54) is 30.1 Å². The SMILES string of the molecule is Cc1nnc(Sc2ccc(/C=N/NC(=O)c3ccccc3O)o2)n1C. The Balaban J connectivity index is 1.61. The number of phenolic OH excluding ortho intramolecular Hbond substituents is 1. The lowest BCUT2D eigenvalue weighted by molar-refractivity contribution is 0.0952. The number of phenols is 1. The molecule has 0 radical (unpaired) electrons. The van der Waals surface area contributed by atoms with E-state index >= 15 is 0 Å². The van der Waals surface area contributed by atoms with Crippen molar-refractivity contribution in [1.29, 1.82) is 0 Å². The third kappa shape index (κ3) is 3.89. The molecule has 9 heteroatoms. The van der Waals surface area contributed by atoms with Gasteiger partial charge in [0.2, 0.25) is 0 Å². The van der Waals surface area contributed by atoms with E-state index in [-0.39, 0.29) is 11.3 Å². The number of hydrazone groups is 1. The summed E-state index contributed by atoms with van der Waals surface area (Å²) in [5.41, 5.74) is 2.48. The van der Waals surface area contributed by atoms with Gasteiger partial charge >= 0.3 is 0 Å². The number of furan rings is 1. The molecule has 0 aliphatic heterocycles. The number of rotatable bonds is 5. The first-order valence-electron chi connectivity index (χ1n) is 7.29. The van der Waals surface area contributed by atoms with Gasteiger partial charge in [-0.15, -0.1) is 10.2 Å². The number of hydrogen-bond donors (Lipinski definition) is 2. The van der Waals surface area contributed by atoms with Gasteiger partial charge in [-0.2, -0.15) is 5.10 Å². The molecule has 0 unspecified atom stereocenters. The number of nitrogens with zero attached hydrogens (tertiary/aromatic N) is 4. The predicted molar refractivity (Wildman–Crippen MR) is 91.7 cm³/mol. The molecule has 0 aliphatic carbocycles. The monoisotopic (exact) mass is 357 g/mol. The lowest BCUT2D eigenvalue weighted by Gasteiger charge is -2.01. The number of aryl methyl sites for hydroxylation is 1. The third-order valence-electron chi connectivity index (χ3n) is 3.35. The summed E-state index contributed by atoms with van der Waals surface area (Å²) in [6, 6.07) is 9.73. The molecule has 2 N–H and O–H groups in total. The molecule has 0 saturated heterocycles. The van der Waals surface area contributed by atoms with Crippen molar-refractivity contribution in [2.45, 2.75) is 17.2 Å². The molecule has 3 rings (SSSR count). The van der Waals surface area contributed by atoms with Gasteiger partial charge in [0.15, 0.2) is 10.2 Å². The normalized spacial score (nSPS) is 11.1. The van der Waals surface area contributed by atoms with Gasteiger partial charge in [0.05, 0.1) is 11.8 Å². The van der Waals surface area contributed by atoms with Crippen LogP contribution >= 0.6 is 11.8 Å². The molecule has 3 aromatic rings. The summed E-state index contributed by atoms with van der Waals surface area (Å²) in [4.78, 5) is 11.9. The molecule has 2 aromatic heterocycles. The fraction of sp³-hybridized carbons (Fsp3) is 0.125. The zero-order valence-electron chi connectivity index (χ0n) is 13.5. The highest BCUT2D eigenvalue weighted by Crippen LogP contribution is 2.27. The highest BCUT2D eigenvalue weighted by atomic mass is 32.2. The Kier molecular flexibility index (Phi) is 4.85. The van der Waals surface area contributed by atoms with Crippen LogP contribution in [-0.2, 0) is 7.05 Å². The minimum absolute atomic E-state index is 0.106. The van der Waals surface area contributed by atoms with Crippen molar-refractivity contribution < 1.29 is 14.3 Å². The molecule has 2 heterocycles. The number of carbonyl (C=O) groups excluding carboxylic acids is 1. The number of aromatic nitrogens is 3. The molecule has 0 saturated carbocycles. The molecule has 0 spiro atoms. The van der Waals surface area contributed by atoms with E-state index in [0.717, 1.165) is 5.82 Å². The van der Waals surface area contributed by atoms with Gasteiger partial charge in [0.1, 0.15) is 17.3 Å². The number of hydrogen-bond acceptors (Lipinski definition) is 7. The zero-order chi connectivity index (χ0) is 17.8. The highest BCUT2D eigenvalue weighted by Gasteiger charge is 2.11. The second-order valence-corrected chi connectivity index (χ2v) is 6.04. The van der Waals surface area contributed by atoms with Crippen molar-refractivity contribution in [2.75, 3.05) is 0 Å². The maximum atomic E-state index is 11.9. The number of carbonyl (C=O) groups is 1. The fourth-order valence-electron chi connectivity index (χ4n) is 1.91. The minimum Gasteiger partial charge on any atom is -0.507 e. The Bertz CT molecular complexity index is 932. The van der Waals surface area contributed by atoms with Gasteiger partial charge < -0.3 is 14.1 Å². The number of nitrogens with one attached hydrogen (secondary N) is 1. The summed E-state index contributed by atoms with van der Waals surface area (Å²) < 4.78 is 7.45. The molecule has 0 aliphatic rings. The van der Waals surface area contributed by atoms with Crippen LogP contribution in [-0.4, -0.2) is 32.0 Å². The van der Waals surface area contributed by atoms with Crippen LogP contribution in [0, 0.1) is 6.92 Å². The number of para-hydroxylation sites is 1. The molecule has 1 aromatic carbocycles. The summed E-state index contributed by atoms with van der Waals surface area (Å²) in [5.74, 6) is 0.664. The van der Waals surface area contributed by atoms with Crippen LogP contribution in [0.5, 0.6) is 5.75 Å². The molecular formula is C16H15N5O3S. The smallest absolute Gasteiger partial charge is 0.275 e. The first kappa shape index (κ1) is 16.8. The number of benzene rings is 1. The average molecular weight is 357 g/mol. The largest absolute Gasteiger partial charge is 0.507 e. The molecule has 25 heavy (non-hydrogen) atoms. The molecule has 8 nitrogen and oxygen atoms in total. The molecule has 128 valence electrons. The van der Waals surface area contributed by atoms with Crippen LogP contribution in [0.3, 0.4) is 0 Å². The summed E-state index contributed by atoms with van der Waals surface area (Å²) in [6.45, 7) is 1.87. The summed E-state index contributed by atoms with van der Waals surface area (Å²) in [5, 5.41) is 22.8. The highest BCUT2D eigenvalue weighted by molar-refractivity contribution is 7.99. The van der Waals surface area contributed by atoms with Gasteiger partial charge in [0, 0.05) is 7.05 Å². The van der Waals surface area contributed by atoms with Gasteiger partial charge in [-0.1, -0.05) is 12.1 Å². The van der Waals surface area contributed by atoms with Crippen LogP contribution < -0.4 is 5.43 Å². The van der Waals surface area contributed by atoms with E-state index in [2.05, 4.69) is 20.7 Å². The molecule has 1 amide bonds. The Morgan fingerprint density at radius 3 is 2.84 bits per heavy atom. The average Bonchev–Trinajstić information content (AvgIpc) is 3.17. The van der Waals surface area contributed by atoms with Crippen LogP contribution in [0.25, 0.3) is 0 Å². The Morgan fingerprint density at radius 2 is 2.12 bits per heavy atom. The van der Waals surface area contributed by atoms with Crippen molar-refractivity contribution in [1.82, 2.24) is 20.2 Å². The summed E-state index contributed by atoms with van der Waals surface area (Å²) >= 11 is 1.34. The first-order valence-corrected chi connectivity index (χ1v) is 8.11. The molecular weight excluding hydrogens is 342 g/mol. The quantitative estimate of drug-likeness (QED) is 0.536. The molecule has 0 bridgehead atoms. The predicted octanol–water partition coefficient (Wildman–Crippen LogP) is 2.34. The van der Waals surface area contributed by atoms with Crippen molar-refractivity contribution in [3.63, 3.8) is 0 Å². The van der Waals surface area contributed by atoms with Gasteiger partial charge in [-0.05, 0) is 43.0 Å². The summed E-state index contributed by atoms with van der Waals surface area (Å²) in [7, 11) is 1.87. The first-order chi connectivity index (χ1) is 12.0. The number of aromatic hydroxyl groups is 1. The molecule has 0 fully saturated rings. The Hall–Kier alpha value is -3.07. The molecule has 0 atom stereocenters. The van der Waals surface area contributed by atoms with E-state index < -0.39 is 5.91 Å². The van der Waals surface area contributed by atoms with Gasteiger partial charge in [-0.3, -0.25) is 4.79 Å². The maximum Gasteiger partial charge on any atom is 0.275 e. The van der Waals surface area contributed by atoms with E-state index in [0.29, 0.717) is 16.0 Å². The number of amides is 1. The van der Waals surface area contributed by atoms with Crippen LogP contribution in [0.1, 0.15) is 21.9 Å². The van der Waals surface area contributed by atoms with Gasteiger partial charge in [-0.25, -0.2) is 5.43 Å². The fourth-order valence-corrected chi connectivity index (χ4v) is 2.71. The third-order valence-corrected chi connectivity index (χ3v) is 4.31. The van der Waals surface area contributed by atoms with Crippen molar-refractivity contribution in [3.8, 4) is 5.75 Å².